The van der Waals surface area contributed by atoms with Crippen molar-refractivity contribution in [2.45, 2.75) is 38.3 Å². The van der Waals surface area contributed by atoms with Gasteiger partial charge in [0.25, 0.3) is 0 Å². The van der Waals surface area contributed by atoms with Crippen LogP contribution in [0.3, 0.4) is 0 Å². The molecule has 0 saturated heterocycles. The highest BCUT2D eigenvalue weighted by molar-refractivity contribution is 6.30. The third kappa shape index (κ3) is 4.77. The fourth-order valence-electron chi connectivity index (χ4n) is 3.41. The second kappa shape index (κ2) is 8.40. The van der Waals surface area contributed by atoms with Gasteiger partial charge in [-0.25, -0.2) is 4.98 Å². The molecule has 0 radical (unpaired) electrons. The first-order valence-corrected chi connectivity index (χ1v) is 9.83. The predicted octanol–water partition coefficient (Wildman–Crippen LogP) is 5.76. The molecule has 2 N–H and O–H groups in total. The number of rotatable bonds is 6. The van der Waals surface area contributed by atoms with Crippen LogP contribution < -0.4 is 10.6 Å². The predicted molar refractivity (Wildman–Crippen MR) is 112 cm³/mol. The molecule has 138 valence electrons. The topological polar surface area (TPSA) is 49.8 Å². The Labute approximate surface area is 165 Å². The van der Waals surface area contributed by atoms with Crippen molar-refractivity contribution in [1.29, 1.82) is 0 Å². The van der Waals surface area contributed by atoms with E-state index >= 15 is 0 Å². The van der Waals surface area contributed by atoms with Crippen LogP contribution in [0.1, 0.15) is 31.2 Å². The first-order chi connectivity index (χ1) is 13.3. The van der Waals surface area contributed by atoms with E-state index in [1.165, 1.54) is 25.7 Å². The molecular weight excluding hydrogens is 356 g/mol. The van der Waals surface area contributed by atoms with Crippen LogP contribution in [0.4, 0.5) is 11.8 Å². The minimum atomic E-state index is 0.472. The molecule has 1 aliphatic carbocycles. The molecule has 0 spiro atoms. The number of hydrogen-bond donors (Lipinski definition) is 2. The average molecular weight is 379 g/mol. The lowest BCUT2D eigenvalue weighted by molar-refractivity contribution is 0.744. The molecule has 4 rings (SSSR count). The van der Waals surface area contributed by atoms with Gasteiger partial charge in [-0.2, -0.15) is 4.98 Å². The molecule has 0 aliphatic heterocycles. The van der Waals surface area contributed by atoms with Crippen molar-refractivity contribution >= 4 is 23.4 Å². The van der Waals surface area contributed by atoms with Crippen molar-refractivity contribution in [3.63, 3.8) is 0 Å². The van der Waals surface area contributed by atoms with Gasteiger partial charge >= 0.3 is 0 Å². The summed E-state index contributed by atoms with van der Waals surface area (Å²) in [5, 5.41) is 7.68. The fourth-order valence-corrected chi connectivity index (χ4v) is 3.53. The van der Waals surface area contributed by atoms with E-state index < -0.39 is 0 Å². The second-order valence-electron chi connectivity index (χ2n) is 6.93. The van der Waals surface area contributed by atoms with E-state index in [4.69, 9.17) is 21.6 Å². The molecule has 1 aromatic heterocycles. The van der Waals surface area contributed by atoms with E-state index in [1.54, 1.807) is 0 Å². The van der Waals surface area contributed by atoms with E-state index in [-0.39, 0.29) is 0 Å². The van der Waals surface area contributed by atoms with Gasteiger partial charge < -0.3 is 10.6 Å². The van der Waals surface area contributed by atoms with Gasteiger partial charge in [-0.3, -0.25) is 0 Å². The molecule has 1 saturated carbocycles. The maximum Gasteiger partial charge on any atom is 0.225 e. The van der Waals surface area contributed by atoms with Crippen LogP contribution in [0.5, 0.6) is 0 Å². The van der Waals surface area contributed by atoms with E-state index in [2.05, 4.69) is 22.8 Å². The van der Waals surface area contributed by atoms with E-state index in [1.807, 2.05) is 48.5 Å². The standard InChI is InChI=1S/C22H23ClN4/c23-18-12-10-16(11-13-18)15-24-21-14-20(17-6-2-1-3-7-17)26-22(27-21)25-19-8-4-5-9-19/h1-3,6-7,10-14,19H,4-5,8-9,15H2,(H2,24,25,26,27). The minimum absolute atomic E-state index is 0.472. The molecule has 27 heavy (non-hydrogen) atoms. The zero-order valence-electron chi connectivity index (χ0n) is 15.2. The highest BCUT2D eigenvalue weighted by Crippen LogP contribution is 2.25. The lowest BCUT2D eigenvalue weighted by Crippen LogP contribution is -2.17. The maximum absolute atomic E-state index is 5.97. The number of hydrogen-bond acceptors (Lipinski definition) is 4. The normalized spacial score (nSPS) is 14.3. The van der Waals surface area contributed by atoms with Crippen molar-refractivity contribution in [2.24, 2.45) is 0 Å². The van der Waals surface area contributed by atoms with Gasteiger partial charge in [0.15, 0.2) is 0 Å². The highest BCUT2D eigenvalue weighted by atomic mass is 35.5. The monoisotopic (exact) mass is 378 g/mol. The number of benzene rings is 2. The number of nitrogens with one attached hydrogen (secondary N) is 2. The first-order valence-electron chi connectivity index (χ1n) is 9.46. The summed E-state index contributed by atoms with van der Waals surface area (Å²) in [6, 6.07) is 20.5. The van der Waals surface area contributed by atoms with Crippen LogP contribution in [0.2, 0.25) is 5.02 Å². The largest absolute Gasteiger partial charge is 0.366 e. The SMILES string of the molecule is Clc1ccc(CNc2cc(-c3ccccc3)nc(NC3CCCC3)n2)cc1. The molecule has 0 bridgehead atoms. The Balaban J connectivity index is 1.57. The first kappa shape index (κ1) is 17.8. The van der Waals surface area contributed by atoms with Crippen LogP contribution in [0.15, 0.2) is 60.7 Å². The summed E-state index contributed by atoms with van der Waals surface area (Å²) in [4.78, 5) is 9.45. The zero-order valence-corrected chi connectivity index (χ0v) is 15.9. The average Bonchev–Trinajstić information content (AvgIpc) is 3.21. The van der Waals surface area contributed by atoms with Crippen molar-refractivity contribution in [2.75, 3.05) is 10.6 Å². The molecule has 2 aromatic carbocycles. The van der Waals surface area contributed by atoms with Crippen LogP contribution in [-0.2, 0) is 6.54 Å². The van der Waals surface area contributed by atoms with Gasteiger partial charge in [0, 0.05) is 29.2 Å². The van der Waals surface area contributed by atoms with Gasteiger partial charge in [0.1, 0.15) is 5.82 Å². The summed E-state index contributed by atoms with van der Waals surface area (Å²) in [5.41, 5.74) is 3.16. The van der Waals surface area contributed by atoms with Crippen molar-refractivity contribution in [1.82, 2.24) is 9.97 Å². The molecule has 5 heteroatoms. The third-order valence-corrected chi connectivity index (χ3v) is 5.12. The third-order valence-electron chi connectivity index (χ3n) is 4.87. The summed E-state index contributed by atoms with van der Waals surface area (Å²) in [5.74, 6) is 1.51. The number of anilines is 2. The van der Waals surface area contributed by atoms with Gasteiger partial charge in [-0.15, -0.1) is 0 Å². The lowest BCUT2D eigenvalue weighted by Gasteiger charge is -2.15. The Hall–Kier alpha value is -2.59. The molecule has 1 aliphatic rings. The van der Waals surface area contributed by atoms with E-state index in [9.17, 15) is 0 Å². The molecule has 0 unspecified atom stereocenters. The van der Waals surface area contributed by atoms with Crippen molar-refractivity contribution in [3.05, 3.63) is 71.2 Å². The molecular formula is C22H23ClN4. The number of halogens is 1. The van der Waals surface area contributed by atoms with Crippen LogP contribution in [-0.4, -0.2) is 16.0 Å². The molecule has 4 nitrogen and oxygen atoms in total. The highest BCUT2D eigenvalue weighted by Gasteiger charge is 2.16. The summed E-state index contributed by atoms with van der Waals surface area (Å²) < 4.78 is 0. The van der Waals surface area contributed by atoms with Gasteiger partial charge in [-0.1, -0.05) is 66.9 Å². The van der Waals surface area contributed by atoms with E-state index in [0.29, 0.717) is 18.5 Å². The summed E-state index contributed by atoms with van der Waals surface area (Å²) in [7, 11) is 0. The zero-order chi connectivity index (χ0) is 18.5. The molecule has 0 atom stereocenters. The maximum atomic E-state index is 5.97. The Morgan fingerprint density at radius 2 is 1.67 bits per heavy atom. The number of aromatic nitrogens is 2. The second-order valence-corrected chi connectivity index (χ2v) is 7.37. The van der Waals surface area contributed by atoms with Crippen LogP contribution >= 0.6 is 11.6 Å². The van der Waals surface area contributed by atoms with Crippen molar-refractivity contribution < 1.29 is 0 Å². The Morgan fingerprint density at radius 1 is 0.926 bits per heavy atom. The summed E-state index contributed by atoms with van der Waals surface area (Å²) in [6.45, 7) is 0.686. The van der Waals surface area contributed by atoms with Gasteiger partial charge in [-0.05, 0) is 30.5 Å². The molecule has 3 aromatic rings. The van der Waals surface area contributed by atoms with Crippen molar-refractivity contribution in [3.8, 4) is 11.3 Å². The Kier molecular flexibility index (Phi) is 5.54. The summed E-state index contributed by atoms with van der Waals surface area (Å²) >= 11 is 5.97. The van der Waals surface area contributed by atoms with E-state index in [0.717, 1.165) is 27.7 Å². The quantitative estimate of drug-likeness (QED) is 0.572. The molecule has 0 amide bonds. The van der Waals surface area contributed by atoms with Crippen LogP contribution in [0.25, 0.3) is 11.3 Å². The van der Waals surface area contributed by atoms with Gasteiger partial charge in [0.05, 0.1) is 5.69 Å². The van der Waals surface area contributed by atoms with Crippen LogP contribution in [0, 0.1) is 0 Å². The molecule has 1 heterocycles. The number of nitrogens with zero attached hydrogens (tertiary/aromatic N) is 2. The Bertz CT molecular complexity index is 875. The lowest BCUT2D eigenvalue weighted by atomic mass is 10.1. The minimum Gasteiger partial charge on any atom is -0.366 e. The van der Waals surface area contributed by atoms with Gasteiger partial charge in [0.2, 0.25) is 5.95 Å². The Morgan fingerprint density at radius 3 is 2.41 bits per heavy atom. The smallest absolute Gasteiger partial charge is 0.225 e. The fraction of sp³-hybridized carbons (Fsp3) is 0.273. The molecule has 1 fully saturated rings. The summed E-state index contributed by atoms with van der Waals surface area (Å²) in [6.07, 6.45) is 4.92.